The fraction of sp³-hybridized carbons (Fsp3) is 0.594. The standard InChI is InChI=1S/C32H41NO8/c1-19-6-9-28-31(4,12-10-29(41-21(3)35)32(28,5)17-38-20(2)34)24(19)15-25(23-11-13-37-30(23)36)33-16-22-7-8-26-27(14-22)40-18-39-26/h7-8,11,14,24-25,28-29,33H,1,6,9-10,12-13,15-18H2,2-5H3. The van der Waals surface area contributed by atoms with E-state index in [1.807, 2.05) is 24.3 Å². The molecular weight excluding hydrogens is 526 g/mol. The summed E-state index contributed by atoms with van der Waals surface area (Å²) in [6.45, 7) is 12.9. The second-order valence-electron chi connectivity index (χ2n) is 12.3. The number of carbonyl (C=O) groups excluding carboxylic acids is 3. The summed E-state index contributed by atoms with van der Waals surface area (Å²) in [4.78, 5) is 36.7. The van der Waals surface area contributed by atoms with Crippen molar-refractivity contribution in [2.75, 3.05) is 20.0 Å². The van der Waals surface area contributed by atoms with Gasteiger partial charge in [-0.2, -0.15) is 0 Å². The van der Waals surface area contributed by atoms with Gasteiger partial charge in [-0.25, -0.2) is 4.79 Å². The van der Waals surface area contributed by atoms with Gasteiger partial charge in [-0.1, -0.05) is 32.1 Å². The Kier molecular flexibility index (Phi) is 8.19. The smallest absolute Gasteiger partial charge is 0.335 e. The molecule has 2 aliphatic heterocycles. The fourth-order valence-corrected chi connectivity index (χ4v) is 7.76. The van der Waals surface area contributed by atoms with E-state index in [4.69, 9.17) is 23.7 Å². The number of esters is 3. The Balaban J connectivity index is 1.41. The van der Waals surface area contributed by atoms with E-state index in [-0.39, 0.29) is 67.3 Å². The number of hydrogen-bond acceptors (Lipinski definition) is 9. The molecule has 4 aliphatic rings. The van der Waals surface area contributed by atoms with Gasteiger partial charge in [0.05, 0.1) is 5.57 Å². The highest BCUT2D eigenvalue weighted by molar-refractivity contribution is 5.91. The number of carbonyl (C=O) groups is 3. The van der Waals surface area contributed by atoms with E-state index >= 15 is 0 Å². The molecule has 0 aromatic heterocycles. The second-order valence-corrected chi connectivity index (χ2v) is 12.3. The first-order valence-electron chi connectivity index (χ1n) is 14.5. The Morgan fingerprint density at radius 2 is 1.90 bits per heavy atom. The van der Waals surface area contributed by atoms with Gasteiger partial charge in [0.2, 0.25) is 6.79 Å². The third-order valence-corrected chi connectivity index (χ3v) is 9.80. The molecular formula is C32H41NO8. The van der Waals surface area contributed by atoms with Crippen molar-refractivity contribution in [3.8, 4) is 11.5 Å². The molecule has 0 spiro atoms. The number of nitrogens with one attached hydrogen (secondary N) is 1. The average Bonchev–Trinajstić information content (AvgIpc) is 3.57. The maximum absolute atomic E-state index is 12.8. The molecule has 9 heteroatoms. The summed E-state index contributed by atoms with van der Waals surface area (Å²) >= 11 is 0. The summed E-state index contributed by atoms with van der Waals surface area (Å²) in [6, 6.07) is 5.60. The van der Waals surface area contributed by atoms with Crippen molar-refractivity contribution in [1.29, 1.82) is 0 Å². The molecule has 2 fully saturated rings. The maximum Gasteiger partial charge on any atom is 0.335 e. The highest BCUT2D eigenvalue weighted by Gasteiger charge is 2.60. The zero-order valence-electron chi connectivity index (χ0n) is 24.5. The number of fused-ring (bicyclic) bond motifs is 2. The molecule has 5 rings (SSSR count). The van der Waals surface area contributed by atoms with Gasteiger partial charge in [0.25, 0.3) is 0 Å². The summed E-state index contributed by atoms with van der Waals surface area (Å²) in [5, 5.41) is 3.63. The normalized spacial score (nSPS) is 31.1. The van der Waals surface area contributed by atoms with Crippen molar-refractivity contribution in [2.45, 2.75) is 78.5 Å². The minimum Gasteiger partial charge on any atom is -0.465 e. The molecule has 2 saturated carbocycles. The van der Waals surface area contributed by atoms with E-state index < -0.39 is 5.41 Å². The van der Waals surface area contributed by atoms with Gasteiger partial charge >= 0.3 is 17.9 Å². The van der Waals surface area contributed by atoms with Gasteiger partial charge in [0.1, 0.15) is 19.3 Å². The van der Waals surface area contributed by atoms with E-state index in [0.717, 1.165) is 36.1 Å². The monoisotopic (exact) mass is 567 g/mol. The van der Waals surface area contributed by atoms with Crippen LogP contribution in [-0.2, 0) is 35.1 Å². The predicted molar refractivity (Wildman–Crippen MR) is 150 cm³/mol. The molecule has 9 nitrogen and oxygen atoms in total. The molecule has 1 aromatic rings. The van der Waals surface area contributed by atoms with Crippen molar-refractivity contribution in [1.82, 2.24) is 5.32 Å². The topological polar surface area (TPSA) is 109 Å². The molecule has 0 radical (unpaired) electrons. The molecule has 0 bridgehead atoms. The van der Waals surface area contributed by atoms with Crippen LogP contribution in [0.3, 0.4) is 0 Å². The minimum absolute atomic E-state index is 0.0831. The van der Waals surface area contributed by atoms with Crippen molar-refractivity contribution >= 4 is 17.9 Å². The average molecular weight is 568 g/mol. The van der Waals surface area contributed by atoms with Crippen LogP contribution in [0.4, 0.5) is 0 Å². The van der Waals surface area contributed by atoms with Crippen molar-refractivity contribution in [3.05, 3.63) is 47.6 Å². The summed E-state index contributed by atoms with van der Waals surface area (Å²) in [6.07, 6.45) is 5.35. The fourth-order valence-electron chi connectivity index (χ4n) is 7.76. The lowest BCUT2D eigenvalue weighted by Crippen LogP contribution is -2.59. The zero-order chi connectivity index (χ0) is 29.4. The van der Waals surface area contributed by atoms with Crippen LogP contribution >= 0.6 is 0 Å². The van der Waals surface area contributed by atoms with Crippen LogP contribution in [-0.4, -0.2) is 50.1 Å². The largest absolute Gasteiger partial charge is 0.465 e. The molecule has 2 aliphatic carbocycles. The number of benzene rings is 1. The molecule has 0 amide bonds. The van der Waals surface area contributed by atoms with E-state index in [2.05, 4.69) is 25.7 Å². The third kappa shape index (κ3) is 5.73. The molecule has 2 heterocycles. The summed E-state index contributed by atoms with van der Waals surface area (Å²) in [7, 11) is 0. The lowest BCUT2D eigenvalue weighted by atomic mass is 9.46. The van der Waals surface area contributed by atoms with E-state index in [1.165, 1.54) is 13.8 Å². The van der Waals surface area contributed by atoms with Crippen molar-refractivity contribution in [2.24, 2.45) is 22.7 Å². The molecule has 222 valence electrons. The lowest BCUT2D eigenvalue weighted by Gasteiger charge is -2.60. The molecule has 1 N–H and O–H groups in total. The highest BCUT2D eigenvalue weighted by atomic mass is 16.7. The number of cyclic esters (lactones) is 1. The summed E-state index contributed by atoms with van der Waals surface area (Å²) in [5.41, 5.74) is 2.06. The quantitative estimate of drug-likeness (QED) is 0.259. The van der Waals surface area contributed by atoms with Crippen LogP contribution < -0.4 is 14.8 Å². The first-order chi connectivity index (χ1) is 19.5. The van der Waals surface area contributed by atoms with Gasteiger partial charge in [-0.15, -0.1) is 0 Å². The van der Waals surface area contributed by atoms with Crippen LogP contribution in [0.5, 0.6) is 11.5 Å². The SMILES string of the molecule is C=C1CCC2C(C)(COC(C)=O)C(OC(C)=O)CCC2(C)C1CC(NCc1ccc2c(c1)OCO2)C1=CCOC1=O. The Bertz CT molecular complexity index is 1260. The number of ether oxygens (including phenoxy) is 5. The van der Waals surface area contributed by atoms with E-state index in [9.17, 15) is 14.4 Å². The van der Waals surface area contributed by atoms with Crippen LogP contribution in [0.2, 0.25) is 0 Å². The van der Waals surface area contributed by atoms with Gasteiger partial charge in [0, 0.05) is 31.8 Å². The molecule has 1 aromatic carbocycles. The highest BCUT2D eigenvalue weighted by Crippen LogP contribution is 2.62. The van der Waals surface area contributed by atoms with Gasteiger partial charge in [-0.05, 0) is 73.1 Å². The second kappa shape index (κ2) is 11.5. The van der Waals surface area contributed by atoms with Crippen LogP contribution in [0.15, 0.2) is 42.0 Å². The zero-order valence-corrected chi connectivity index (χ0v) is 24.5. The number of allylic oxidation sites excluding steroid dienone is 1. The van der Waals surface area contributed by atoms with Gasteiger partial charge in [-0.3, -0.25) is 9.59 Å². The number of rotatable bonds is 9. The molecule has 0 saturated heterocycles. The summed E-state index contributed by atoms with van der Waals surface area (Å²) < 4.78 is 27.7. The maximum atomic E-state index is 12.8. The van der Waals surface area contributed by atoms with Crippen molar-refractivity contribution in [3.63, 3.8) is 0 Å². The van der Waals surface area contributed by atoms with Crippen LogP contribution in [0, 0.1) is 22.7 Å². The van der Waals surface area contributed by atoms with Gasteiger partial charge in [0.15, 0.2) is 11.5 Å². The third-order valence-electron chi connectivity index (χ3n) is 9.80. The molecule has 41 heavy (non-hydrogen) atoms. The Hall–Kier alpha value is -3.33. The van der Waals surface area contributed by atoms with E-state index in [1.54, 1.807) is 0 Å². The first kappa shape index (κ1) is 29.2. The van der Waals surface area contributed by atoms with Gasteiger partial charge < -0.3 is 29.0 Å². The Morgan fingerprint density at radius 1 is 1.12 bits per heavy atom. The Morgan fingerprint density at radius 3 is 2.61 bits per heavy atom. The molecule has 6 unspecified atom stereocenters. The van der Waals surface area contributed by atoms with E-state index in [0.29, 0.717) is 30.7 Å². The van der Waals surface area contributed by atoms with Crippen LogP contribution in [0.1, 0.15) is 65.4 Å². The predicted octanol–water partition coefficient (Wildman–Crippen LogP) is 4.63. The number of hydrogen-bond donors (Lipinski definition) is 1. The summed E-state index contributed by atoms with van der Waals surface area (Å²) in [5.74, 6) is 0.662. The first-order valence-corrected chi connectivity index (χ1v) is 14.5. The Labute approximate surface area is 241 Å². The van der Waals surface area contributed by atoms with Crippen LogP contribution in [0.25, 0.3) is 0 Å². The minimum atomic E-state index is -0.551. The van der Waals surface area contributed by atoms with Crippen molar-refractivity contribution < 1.29 is 38.1 Å². The lowest BCUT2D eigenvalue weighted by molar-refractivity contribution is -0.191. The molecule has 6 atom stereocenters.